The van der Waals surface area contributed by atoms with Gasteiger partial charge in [-0.2, -0.15) is 0 Å². The Hall–Kier alpha value is -1.66. The van der Waals surface area contributed by atoms with E-state index in [9.17, 15) is 4.79 Å². The smallest absolute Gasteiger partial charge is 0.226 e. The number of benzene rings is 2. The summed E-state index contributed by atoms with van der Waals surface area (Å²) in [6.45, 7) is 4.59. The van der Waals surface area contributed by atoms with Crippen LogP contribution in [0.3, 0.4) is 0 Å². The molecule has 4 nitrogen and oxygen atoms in total. The Kier molecular flexibility index (Phi) is 10.1. The molecule has 1 aromatic heterocycles. The first-order valence-corrected chi connectivity index (χ1v) is 10.3. The summed E-state index contributed by atoms with van der Waals surface area (Å²) in [7, 11) is 0. The summed E-state index contributed by atoms with van der Waals surface area (Å²) in [6.07, 6.45) is 2.20. The van der Waals surface area contributed by atoms with Crippen LogP contribution in [0.15, 0.2) is 54.6 Å². The molecule has 0 saturated heterocycles. The summed E-state index contributed by atoms with van der Waals surface area (Å²) < 4.78 is 1.17. The average Bonchev–Trinajstić information content (AvgIpc) is 3.13. The highest BCUT2D eigenvalue weighted by atomic mass is 35.5. The van der Waals surface area contributed by atoms with Gasteiger partial charge in [-0.05, 0) is 30.5 Å². The van der Waals surface area contributed by atoms with Gasteiger partial charge in [-0.1, -0.05) is 56.3 Å². The van der Waals surface area contributed by atoms with Crippen molar-refractivity contribution in [2.75, 3.05) is 6.54 Å². The molecule has 3 aromatic rings. The molecule has 1 atom stereocenters. The molecule has 1 amide bonds. The number of para-hydroxylation sites is 1. The molecule has 1 heterocycles. The molecule has 0 bridgehead atoms. The molecule has 0 fully saturated rings. The predicted octanol–water partition coefficient (Wildman–Crippen LogP) is 5.31. The Bertz CT molecular complexity index is 864. The summed E-state index contributed by atoms with van der Waals surface area (Å²) in [5.41, 5.74) is 7.83. The predicted molar refractivity (Wildman–Crippen MR) is 127 cm³/mol. The molecule has 0 spiro atoms. The van der Waals surface area contributed by atoms with Gasteiger partial charge in [0.1, 0.15) is 0 Å². The minimum absolute atomic E-state index is 0. The Balaban J connectivity index is 0.00000210. The van der Waals surface area contributed by atoms with E-state index in [1.54, 1.807) is 11.3 Å². The molecule has 3 N–H and O–H groups in total. The molecule has 0 radical (unpaired) electrons. The molecule has 0 aliphatic rings. The van der Waals surface area contributed by atoms with E-state index in [1.807, 2.05) is 48.5 Å². The second kappa shape index (κ2) is 11.5. The normalized spacial score (nSPS) is 12.0. The van der Waals surface area contributed by atoms with Crippen LogP contribution in [0.4, 0.5) is 0 Å². The van der Waals surface area contributed by atoms with E-state index in [1.165, 1.54) is 4.70 Å². The Morgan fingerprint density at radius 1 is 1.07 bits per heavy atom. The monoisotopic (exact) mass is 453 g/mol. The zero-order valence-corrected chi connectivity index (χ0v) is 19.2. The van der Waals surface area contributed by atoms with Gasteiger partial charge in [-0.15, -0.1) is 36.2 Å². The quantitative estimate of drug-likeness (QED) is 0.485. The van der Waals surface area contributed by atoms with E-state index < -0.39 is 5.41 Å². The van der Waals surface area contributed by atoms with Gasteiger partial charge in [0.25, 0.3) is 0 Å². The highest BCUT2D eigenvalue weighted by Crippen LogP contribution is 2.34. The number of fused-ring (bicyclic) bond motifs is 1. The maximum absolute atomic E-state index is 13.1. The summed E-state index contributed by atoms with van der Waals surface area (Å²) in [4.78, 5) is 17.8. The molecule has 0 saturated carbocycles. The maximum atomic E-state index is 13.1. The Morgan fingerprint density at radius 3 is 2.31 bits per heavy atom. The van der Waals surface area contributed by atoms with Gasteiger partial charge in [0, 0.05) is 19.0 Å². The third-order valence-electron chi connectivity index (χ3n) is 5.37. The van der Waals surface area contributed by atoms with Crippen LogP contribution >= 0.6 is 36.2 Å². The van der Waals surface area contributed by atoms with Crippen LogP contribution in [0.5, 0.6) is 0 Å². The van der Waals surface area contributed by atoms with Crippen LogP contribution in [0.25, 0.3) is 10.2 Å². The van der Waals surface area contributed by atoms with E-state index >= 15 is 0 Å². The fourth-order valence-electron chi connectivity index (χ4n) is 3.39. The topological polar surface area (TPSA) is 68.0 Å². The number of thiazole rings is 1. The second-order valence-electron chi connectivity index (χ2n) is 6.97. The van der Waals surface area contributed by atoms with Crippen molar-refractivity contribution in [2.24, 2.45) is 11.1 Å². The molecule has 29 heavy (non-hydrogen) atoms. The lowest BCUT2D eigenvalue weighted by molar-refractivity contribution is -0.131. The van der Waals surface area contributed by atoms with E-state index in [4.69, 9.17) is 10.7 Å². The number of nitrogens with two attached hydrogens (primary N) is 1. The number of hydrogen-bond donors (Lipinski definition) is 2. The zero-order chi connectivity index (χ0) is 19.3. The van der Waals surface area contributed by atoms with E-state index in [-0.39, 0.29) is 36.8 Å². The van der Waals surface area contributed by atoms with Crippen molar-refractivity contribution in [3.8, 4) is 0 Å². The van der Waals surface area contributed by atoms with Gasteiger partial charge in [0.2, 0.25) is 5.91 Å². The lowest BCUT2D eigenvalue weighted by atomic mass is 9.78. The van der Waals surface area contributed by atoms with E-state index in [2.05, 4.69) is 25.2 Å². The molecule has 158 valence electrons. The zero-order valence-electron chi connectivity index (χ0n) is 16.8. The first-order chi connectivity index (χ1) is 13.1. The van der Waals surface area contributed by atoms with E-state index in [0.717, 1.165) is 28.9 Å². The van der Waals surface area contributed by atoms with Gasteiger partial charge >= 0.3 is 0 Å². The number of carbonyl (C=O) groups excluding carboxylic acids is 1. The highest BCUT2D eigenvalue weighted by molar-refractivity contribution is 7.18. The van der Waals surface area contributed by atoms with Crippen molar-refractivity contribution in [2.45, 2.75) is 39.2 Å². The largest absolute Gasteiger partial charge is 0.354 e. The molecule has 0 aliphatic heterocycles. The summed E-state index contributed by atoms with van der Waals surface area (Å²) >= 11 is 1.68. The van der Waals surface area contributed by atoms with Crippen molar-refractivity contribution in [3.05, 3.63) is 65.2 Å². The van der Waals surface area contributed by atoms with Crippen LogP contribution in [-0.4, -0.2) is 17.4 Å². The summed E-state index contributed by atoms with van der Waals surface area (Å²) in [5, 5.41) is 4.11. The number of hydrogen-bond acceptors (Lipinski definition) is 4. The Morgan fingerprint density at radius 2 is 1.69 bits per heavy atom. The Labute approximate surface area is 189 Å². The molecule has 7 heteroatoms. The molecule has 3 rings (SSSR count). The van der Waals surface area contributed by atoms with Crippen molar-refractivity contribution in [1.29, 1.82) is 0 Å². The van der Waals surface area contributed by atoms with Crippen LogP contribution < -0.4 is 11.1 Å². The lowest BCUT2D eigenvalue weighted by Crippen LogP contribution is -2.44. The van der Waals surface area contributed by atoms with Crippen molar-refractivity contribution in [3.63, 3.8) is 0 Å². The molecule has 1 unspecified atom stereocenters. The number of rotatable bonds is 8. The first-order valence-electron chi connectivity index (χ1n) is 9.51. The van der Waals surface area contributed by atoms with Crippen molar-refractivity contribution in [1.82, 2.24) is 10.3 Å². The number of carbonyl (C=O) groups is 1. The third-order valence-corrected chi connectivity index (χ3v) is 6.41. The fourth-order valence-corrected chi connectivity index (χ4v) is 4.51. The molecule has 0 aliphatic carbocycles. The van der Waals surface area contributed by atoms with Gasteiger partial charge < -0.3 is 11.1 Å². The SMILES string of the molecule is CCC(CC)(Cc1nc2ccccc2s1)C(=O)NCC(N)c1ccccc1.Cl.Cl. The first kappa shape index (κ1) is 25.4. The molecular formula is C22H29Cl2N3OS. The third kappa shape index (κ3) is 5.92. The van der Waals surface area contributed by atoms with Crippen molar-refractivity contribution < 1.29 is 4.79 Å². The lowest BCUT2D eigenvalue weighted by Gasteiger charge is -2.30. The van der Waals surface area contributed by atoms with E-state index in [0.29, 0.717) is 13.0 Å². The summed E-state index contributed by atoms with van der Waals surface area (Å²) in [5.74, 6) is 0.0677. The number of amides is 1. The second-order valence-corrected chi connectivity index (χ2v) is 8.08. The van der Waals surface area contributed by atoms with Crippen LogP contribution in [0.2, 0.25) is 0 Å². The summed E-state index contributed by atoms with van der Waals surface area (Å²) in [6, 6.07) is 17.8. The van der Waals surface area contributed by atoms with Crippen molar-refractivity contribution >= 4 is 52.3 Å². The van der Waals surface area contributed by atoms with Crippen LogP contribution in [0.1, 0.15) is 43.3 Å². The number of halogens is 2. The molecular weight excluding hydrogens is 425 g/mol. The number of nitrogens with one attached hydrogen (secondary N) is 1. The minimum Gasteiger partial charge on any atom is -0.354 e. The average molecular weight is 454 g/mol. The fraction of sp³-hybridized carbons (Fsp3) is 0.364. The highest BCUT2D eigenvalue weighted by Gasteiger charge is 2.36. The minimum atomic E-state index is -0.454. The van der Waals surface area contributed by atoms with Crippen LogP contribution in [-0.2, 0) is 11.2 Å². The van der Waals surface area contributed by atoms with Gasteiger partial charge in [0.15, 0.2) is 0 Å². The maximum Gasteiger partial charge on any atom is 0.226 e. The van der Waals surface area contributed by atoms with Gasteiger partial charge in [0.05, 0.1) is 20.6 Å². The van der Waals surface area contributed by atoms with Crippen LogP contribution in [0, 0.1) is 5.41 Å². The van der Waals surface area contributed by atoms with Gasteiger partial charge in [-0.3, -0.25) is 4.79 Å². The van der Waals surface area contributed by atoms with Gasteiger partial charge in [-0.25, -0.2) is 4.98 Å². The number of aromatic nitrogens is 1. The standard InChI is InChI=1S/C22H27N3OS.2ClH/c1-3-22(4-2,14-20-25-18-12-8-9-13-19(18)27-20)21(26)24-15-17(23)16-10-6-5-7-11-16;;/h5-13,17H,3-4,14-15,23H2,1-2H3,(H,24,26);2*1H. The number of nitrogens with zero attached hydrogens (tertiary/aromatic N) is 1. The molecule has 2 aromatic carbocycles.